The predicted octanol–water partition coefficient (Wildman–Crippen LogP) is 3.27. The van der Waals surface area contributed by atoms with Gasteiger partial charge >= 0.3 is 0 Å². The van der Waals surface area contributed by atoms with Crippen LogP contribution in [0.4, 0.5) is 11.8 Å². The van der Waals surface area contributed by atoms with Gasteiger partial charge in [0.25, 0.3) is 0 Å². The average molecular weight is 435 g/mol. The van der Waals surface area contributed by atoms with Crippen LogP contribution in [0.5, 0.6) is 11.5 Å². The molecular weight excluding hydrogens is 404 g/mol. The van der Waals surface area contributed by atoms with Crippen molar-refractivity contribution in [3.8, 4) is 17.6 Å². The van der Waals surface area contributed by atoms with Gasteiger partial charge in [-0.3, -0.25) is 0 Å². The maximum absolute atomic E-state index is 9.20. The van der Waals surface area contributed by atoms with Crippen molar-refractivity contribution in [3.05, 3.63) is 41.1 Å². The van der Waals surface area contributed by atoms with E-state index in [2.05, 4.69) is 38.4 Å². The molecule has 0 spiro atoms. The first-order chi connectivity index (χ1) is 15.4. The van der Waals surface area contributed by atoms with E-state index in [0.29, 0.717) is 19.1 Å². The van der Waals surface area contributed by atoms with Gasteiger partial charge in [0.1, 0.15) is 23.1 Å². The SMILES string of the molecule is CCOc1cc(CN(c2ncc(C#N)c(N)n2)C2CCNCC2)cc2c1OC(C)(C)C=C2. The lowest BCUT2D eigenvalue weighted by Crippen LogP contribution is -2.43. The molecule has 0 saturated carbocycles. The highest BCUT2D eigenvalue weighted by atomic mass is 16.5. The first-order valence-electron chi connectivity index (χ1n) is 11.1. The number of nitrogen functional groups attached to an aromatic ring is 1. The van der Waals surface area contributed by atoms with Crippen molar-refractivity contribution in [1.29, 1.82) is 5.26 Å². The highest BCUT2D eigenvalue weighted by molar-refractivity contribution is 5.67. The fraction of sp³-hybridized carbons (Fsp3) is 0.458. The molecule has 1 saturated heterocycles. The Morgan fingerprint density at radius 2 is 2.12 bits per heavy atom. The molecule has 1 fully saturated rings. The number of fused-ring (bicyclic) bond motifs is 1. The number of nitrogens with one attached hydrogen (secondary N) is 1. The smallest absolute Gasteiger partial charge is 0.227 e. The van der Waals surface area contributed by atoms with Crippen molar-refractivity contribution in [3.63, 3.8) is 0 Å². The topological polar surface area (TPSA) is 109 Å². The lowest BCUT2D eigenvalue weighted by atomic mass is 9.99. The molecule has 3 heterocycles. The van der Waals surface area contributed by atoms with Crippen LogP contribution in [-0.2, 0) is 6.54 Å². The van der Waals surface area contributed by atoms with Gasteiger partial charge in [-0.25, -0.2) is 4.98 Å². The average Bonchev–Trinajstić information content (AvgIpc) is 2.78. The van der Waals surface area contributed by atoms with Gasteiger partial charge in [-0.1, -0.05) is 6.08 Å². The van der Waals surface area contributed by atoms with E-state index in [1.807, 2.05) is 32.9 Å². The monoisotopic (exact) mass is 434 g/mol. The van der Waals surface area contributed by atoms with E-state index in [0.717, 1.165) is 48.6 Å². The summed E-state index contributed by atoms with van der Waals surface area (Å²) in [6.07, 6.45) is 7.61. The second kappa shape index (κ2) is 9.05. The van der Waals surface area contributed by atoms with Crippen LogP contribution < -0.4 is 25.4 Å². The van der Waals surface area contributed by atoms with Crippen molar-refractivity contribution < 1.29 is 9.47 Å². The largest absolute Gasteiger partial charge is 0.490 e. The van der Waals surface area contributed by atoms with E-state index in [1.165, 1.54) is 6.20 Å². The maximum atomic E-state index is 9.20. The summed E-state index contributed by atoms with van der Waals surface area (Å²) in [6.45, 7) is 9.05. The Labute approximate surface area is 189 Å². The minimum Gasteiger partial charge on any atom is -0.490 e. The van der Waals surface area contributed by atoms with Crippen molar-refractivity contribution in [2.75, 3.05) is 30.3 Å². The third-order valence-electron chi connectivity index (χ3n) is 5.76. The fourth-order valence-corrected chi connectivity index (χ4v) is 4.15. The molecule has 1 aromatic heterocycles. The first-order valence-corrected chi connectivity index (χ1v) is 11.1. The summed E-state index contributed by atoms with van der Waals surface area (Å²) in [4.78, 5) is 11.1. The van der Waals surface area contributed by atoms with Crippen LogP contribution in [0.1, 0.15) is 50.3 Å². The molecule has 0 amide bonds. The van der Waals surface area contributed by atoms with Crippen LogP contribution in [0.15, 0.2) is 24.4 Å². The Kier molecular flexibility index (Phi) is 6.19. The number of ether oxygens (including phenoxy) is 2. The molecule has 0 bridgehead atoms. The molecule has 32 heavy (non-hydrogen) atoms. The molecule has 2 aromatic rings. The van der Waals surface area contributed by atoms with E-state index in [9.17, 15) is 5.26 Å². The number of piperidine rings is 1. The van der Waals surface area contributed by atoms with Gasteiger partial charge in [0, 0.05) is 18.2 Å². The third-order valence-corrected chi connectivity index (χ3v) is 5.76. The van der Waals surface area contributed by atoms with Gasteiger partial charge in [-0.05, 0) is 70.5 Å². The van der Waals surface area contributed by atoms with E-state index in [1.54, 1.807) is 0 Å². The third kappa shape index (κ3) is 4.63. The number of nitrogens with two attached hydrogens (primary N) is 1. The highest BCUT2D eigenvalue weighted by Gasteiger charge is 2.28. The van der Waals surface area contributed by atoms with Crippen molar-refractivity contribution in [2.45, 2.75) is 51.8 Å². The molecule has 8 nitrogen and oxygen atoms in total. The Morgan fingerprint density at radius 1 is 1.34 bits per heavy atom. The van der Waals surface area contributed by atoms with E-state index < -0.39 is 0 Å². The molecule has 3 N–H and O–H groups in total. The van der Waals surface area contributed by atoms with Gasteiger partial charge in [-0.15, -0.1) is 0 Å². The molecule has 2 aliphatic heterocycles. The predicted molar refractivity (Wildman–Crippen MR) is 125 cm³/mol. The molecule has 8 heteroatoms. The van der Waals surface area contributed by atoms with Gasteiger partial charge < -0.3 is 25.4 Å². The molecule has 0 unspecified atom stereocenters. The molecule has 2 aliphatic rings. The quantitative estimate of drug-likeness (QED) is 0.713. The lowest BCUT2D eigenvalue weighted by Gasteiger charge is -2.35. The number of anilines is 2. The number of hydrogen-bond acceptors (Lipinski definition) is 8. The first kappa shape index (κ1) is 21.9. The molecule has 0 aliphatic carbocycles. The van der Waals surface area contributed by atoms with Gasteiger partial charge in [-0.2, -0.15) is 10.2 Å². The van der Waals surface area contributed by atoms with Crippen molar-refractivity contribution >= 4 is 17.8 Å². The summed E-state index contributed by atoms with van der Waals surface area (Å²) in [5, 5.41) is 12.6. The van der Waals surface area contributed by atoms with Crippen LogP contribution in [-0.4, -0.2) is 41.3 Å². The minimum atomic E-state index is -0.380. The maximum Gasteiger partial charge on any atom is 0.227 e. The van der Waals surface area contributed by atoms with Gasteiger partial charge in [0.15, 0.2) is 11.5 Å². The number of aromatic nitrogens is 2. The Morgan fingerprint density at radius 3 is 2.81 bits per heavy atom. The zero-order valence-corrected chi connectivity index (χ0v) is 18.9. The Hall–Kier alpha value is -3.31. The van der Waals surface area contributed by atoms with Crippen LogP contribution in [0.2, 0.25) is 0 Å². The normalized spacial score (nSPS) is 17.2. The summed E-state index contributed by atoms with van der Waals surface area (Å²) in [5.41, 5.74) is 7.99. The van der Waals surface area contributed by atoms with E-state index in [4.69, 9.17) is 15.2 Å². The zero-order valence-electron chi connectivity index (χ0n) is 18.9. The van der Waals surface area contributed by atoms with E-state index >= 15 is 0 Å². The Bertz CT molecular complexity index is 1050. The minimum absolute atomic E-state index is 0.204. The summed E-state index contributed by atoms with van der Waals surface area (Å²) >= 11 is 0. The van der Waals surface area contributed by atoms with Crippen LogP contribution >= 0.6 is 0 Å². The highest BCUT2D eigenvalue weighted by Crippen LogP contribution is 2.40. The fourth-order valence-electron chi connectivity index (χ4n) is 4.15. The van der Waals surface area contributed by atoms with Crippen LogP contribution in [0, 0.1) is 11.3 Å². The van der Waals surface area contributed by atoms with Crippen molar-refractivity contribution in [1.82, 2.24) is 15.3 Å². The summed E-state index contributed by atoms with van der Waals surface area (Å²) < 4.78 is 12.1. The molecule has 4 rings (SSSR count). The molecule has 0 radical (unpaired) electrons. The van der Waals surface area contributed by atoms with Crippen molar-refractivity contribution in [2.24, 2.45) is 0 Å². The van der Waals surface area contributed by atoms with Crippen LogP contribution in [0.25, 0.3) is 6.08 Å². The Balaban J connectivity index is 1.71. The summed E-state index contributed by atoms with van der Waals surface area (Å²) in [5.74, 6) is 2.26. The number of nitrogens with zero attached hydrogens (tertiary/aromatic N) is 4. The lowest BCUT2D eigenvalue weighted by molar-refractivity contribution is 0.150. The molecule has 1 aromatic carbocycles. The van der Waals surface area contributed by atoms with Gasteiger partial charge in [0.05, 0.1) is 12.8 Å². The number of nitriles is 1. The van der Waals surface area contributed by atoms with E-state index in [-0.39, 0.29) is 23.0 Å². The summed E-state index contributed by atoms with van der Waals surface area (Å²) in [7, 11) is 0. The standard InChI is InChI=1S/C24H30N6O2/c1-4-31-20-12-16(11-17-5-8-24(2,3)32-21(17)20)15-30(19-6-9-27-10-7-19)23-28-14-18(13-25)22(26)29-23/h5,8,11-12,14,19,27H,4,6-7,9-10,15H2,1-3H3,(H2,26,28,29). The molecule has 0 atom stereocenters. The van der Waals surface area contributed by atoms with Crippen LogP contribution in [0.3, 0.4) is 0 Å². The second-order valence-electron chi connectivity index (χ2n) is 8.67. The second-order valence-corrected chi connectivity index (χ2v) is 8.67. The number of hydrogen-bond donors (Lipinski definition) is 2. The summed E-state index contributed by atoms with van der Waals surface area (Å²) in [6, 6.07) is 6.47. The molecule has 168 valence electrons. The molecular formula is C24H30N6O2. The zero-order chi connectivity index (χ0) is 22.7. The van der Waals surface area contributed by atoms with Gasteiger partial charge in [0.2, 0.25) is 5.95 Å². The number of benzene rings is 1. The number of rotatable bonds is 6.